The Kier molecular flexibility index (Phi) is 4.96. The third-order valence-corrected chi connectivity index (χ3v) is 4.29. The van der Waals surface area contributed by atoms with Gasteiger partial charge in [0.15, 0.2) is 0 Å². The molecular formula is C15H22ClN3O2. The van der Waals surface area contributed by atoms with Crippen LogP contribution in [0.3, 0.4) is 0 Å². The third kappa shape index (κ3) is 3.41. The lowest BCUT2D eigenvalue weighted by atomic mass is 10.0. The number of halogens is 1. The van der Waals surface area contributed by atoms with E-state index in [1.807, 2.05) is 19.0 Å². The van der Waals surface area contributed by atoms with Crippen LogP contribution in [0.1, 0.15) is 23.2 Å². The number of hydrogen-bond donors (Lipinski definition) is 1. The average molecular weight is 312 g/mol. The number of carbonyl (C=O) groups is 1. The molecule has 1 aromatic rings. The quantitative estimate of drug-likeness (QED) is 0.869. The summed E-state index contributed by atoms with van der Waals surface area (Å²) in [6, 6.07) is 3.58. The van der Waals surface area contributed by atoms with Crippen molar-refractivity contribution in [2.45, 2.75) is 18.9 Å². The third-order valence-electron chi connectivity index (χ3n) is 3.96. The van der Waals surface area contributed by atoms with E-state index in [0.717, 1.165) is 25.9 Å². The highest BCUT2D eigenvalue weighted by Crippen LogP contribution is 2.30. The van der Waals surface area contributed by atoms with Gasteiger partial charge in [-0.1, -0.05) is 11.6 Å². The molecule has 1 fully saturated rings. The van der Waals surface area contributed by atoms with Crippen LogP contribution in [0.4, 0.5) is 5.69 Å². The van der Waals surface area contributed by atoms with Crippen molar-refractivity contribution in [2.24, 2.45) is 0 Å². The number of benzene rings is 1. The van der Waals surface area contributed by atoms with Gasteiger partial charge in [0.25, 0.3) is 5.91 Å². The largest absolute Gasteiger partial charge is 0.496 e. The molecular weight excluding hydrogens is 290 g/mol. The highest BCUT2D eigenvalue weighted by atomic mass is 35.5. The minimum absolute atomic E-state index is 0.0553. The molecule has 5 nitrogen and oxygen atoms in total. The molecule has 1 amide bonds. The highest BCUT2D eigenvalue weighted by molar-refractivity contribution is 6.33. The average Bonchev–Trinajstić information content (AvgIpc) is 2.48. The van der Waals surface area contributed by atoms with E-state index in [4.69, 9.17) is 22.1 Å². The van der Waals surface area contributed by atoms with Gasteiger partial charge in [-0.2, -0.15) is 0 Å². The molecule has 0 bridgehead atoms. The highest BCUT2D eigenvalue weighted by Gasteiger charge is 2.27. The van der Waals surface area contributed by atoms with Crippen molar-refractivity contribution in [1.29, 1.82) is 0 Å². The first-order valence-corrected chi connectivity index (χ1v) is 7.40. The topological polar surface area (TPSA) is 58.8 Å². The van der Waals surface area contributed by atoms with Crippen molar-refractivity contribution in [3.8, 4) is 5.75 Å². The summed E-state index contributed by atoms with van der Waals surface area (Å²) in [5.41, 5.74) is 6.64. The van der Waals surface area contributed by atoms with E-state index in [2.05, 4.69) is 4.90 Å². The lowest BCUT2D eigenvalue weighted by molar-refractivity contribution is 0.0632. The summed E-state index contributed by atoms with van der Waals surface area (Å²) >= 11 is 6.05. The number of carbonyl (C=O) groups excluding carboxylic acids is 1. The lowest BCUT2D eigenvalue weighted by Gasteiger charge is -2.36. The molecule has 116 valence electrons. The molecule has 1 atom stereocenters. The Morgan fingerprint density at radius 1 is 1.48 bits per heavy atom. The lowest BCUT2D eigenvalue weighted by Crippen LogP contribution is -2.47. The van der Waals surface area contributed by atoms with Crippen LogP contribution in [-0.4, -0.2) is 56.0 Å². The number of rotatable bonds is 3. The molecule has 0 spiro atoms. The molecule has 21 heavy (non-hydrogen) atoms. The molecule has 0 aliphatic carbocycles. The fourth-order valence-corrected chi connectivity index (χ4v) is 2.80. The molecule has 2 N–H and O–H groups in total. The van der Waals surface area contributed by atoms with Gasteiger partial charge in [-0.25, -0.2) is 0 Å². The normalized spacial score (nSPS) is 18.9. The number of anilines is 1. The first-order chi connectivity index (χ1) is 9.93. The van der Waals surface area contributed by atoms with Crippen LogP contribution < -0.4 is 10.5 Å². The summed E-state index contributed by atoms with van der Waals surface area (Å²) < 4.78 is 5.27. The van der Waals surface area contributed by atoms with Gasteiger partial charge in [-0.3, -0.25) is 4.79 Å². The van der Waals surface area contributed by atoms with Gasteiger partial charge in [0.2, 0.25) is 0 Å². The van der Waals surface area contributed by atoms with Crippen LogP contribution in [0, 0.1) is 0 Å². The Balaban J connectivity index is 2.25. The van der Waals surface area contributed by atoms with Gasteiger partial charge in [-0.05, 0) is 33.0 Å². The zero-order valence-electron chi connectivity index (χ0n) is 12.7. The van der Waals surface area contributed by atoms with Crippen molar-refractivity contribution in [2.75, 3.05) is 40.0 Å². The molecule has 1 saturated heterocycles. The summed E-state index contributed by atoms with van der Waals surface area (Å²) in [6.45, 7) is 1.48. The van der Waals surface area contributed by atoms with Gasteiger partial charge < -0.3 is 20.3 Å². The molecule has 1 aliphatic heterocycles. The standard InChI is InChI=1S/C15H22ClN3O2/c1-18(2)10-5-4-6-19(9-10)15(20)11-7-12(16)13(17)8-14(11)21-3/h7-8,10H,4-6,9,17H2,1-3H3. The summed E-state index contributed by atoms with van der Waals surface area (Å²) in [6.07, 6.45) is 2.11. The second kappa shape index (κ2) is 6.54. The minimum Gasteiger partial charge on any atom is -0.496 e. The number of nitrogens with zero attached hydrogens (tertiary/aromatic N) is 2. The maximum absolute atomic E-state index is 12.7. The van der Waals surface area contributed by atoms with Gasteiger partial charge in [0.1, 0.15) is 5.75 Å². The zero-order valence-corrected chi connectivity index (χ0v) is 13.5. The molecule has 1 aliphatic rings. The SMILES string of the molecule is COc1cc(N)c(Cl)cc1C(=O)N1CCCC(N(C)C)C1. The van der Waals surface area contributed by atoms with Crippen molar-refractivity contribution >= 4 is 23.2 Å². The second-order valence-corrected chi connectivity index (χ2v) is 5.99. The number of nitrogens with two attached hydrogens (primary N) is 1. The fraction of sp³-hybridized carbons (Fsp3) is 0.533. The van der Waals surface area contributed by atoms with Crippen molar-refractivity contribution in [3.63, 3.8) is 0 Å². The van der Waals surface area contributed by atoms with Crippen LogP contribution in [0.5, 0.6) is 5.75 Å². The Bertz CT molecular complexity index is 534. The number of piperidine rings is 1. The van der Waals surface area contributed by atoms with Crippen LogP contribution in [-0.2, 0) is 0 Å². The van der Waals surface area contributed by atoms with Crippen molar-refractivity contribution in [1.82, 2.24) is 9.80 Å². The molecule has 1 heterocycles. The Morgan fingerprint density at radius 2 is 2.19 bits per heavy atom. The van der Waals surface area contributed by atoms with Crippen LogP contribution in [0.25, 0.3) is 0 Å². The predicted octanol–water partition coefficient (Wildman–Crippen LogP) is 2.10. The number of hydrogen-bond acceptors (Lipinski definition) is 4. The van der Waals surface area contributed by atoms with Crippen LogP contribution in [0.2, 0.25) is 5.02 Å². The van der Waals surface area contributed by atoms with E-state index >= 15 is 0 Å². The van der Waals surface area contributed by atoms with Gasteiger partial charge in [0.05, 0.1) is 23.4 Å². The first-order valence-electron chi connectivity index (χ1n) is 7.02. The monoisotopic (exact) mass is 311 g/mol. The van der Waals surface area contributed by atoms with E-state index in [-0.39, 0.29) is 5.91 Å². The number of likely N-dealkylation sites (N-methyl/N-ethyl adjacent to an activating group) is 1. The van der Waals surface area contributed by atoms with E-state index < -0.39 is 0 Å². The summed E-state index contributed by atoms with van der Waals surface area (Å²) in [5, 5.41) is 0.375. The number of methoxy groups -OCH3 is 1. The number of nitrogen functional groups attached to an aromatic ring is 1. The van der Waals surface area contributed by atoms with Crippen LogP contribution in [0.15, 0.2) is 12.1 Å². The molecule has 0 aromatic heterocycles. The van der Waals surface area contributed by atoms with Gasteiger partial charge in [-0.15, -0.1) is 0 Å². The van der Waals surface area contributed by atoms with E-state index in [1.165, 1.54) is 7.11 Å². The summed E-state index contributed by atoms with van der Waals surface area (Å²) in [5.74, 6) is 0.411. The smallest absolute Gasteiger partial charge is 0.257 e. The molecule has 1 unspecified atom stereocenters. The Hall–Kier alpha value is -1.46. The van der Waals surface area contributed by atoms with E-state index in [1.54, 1.807) is 12.1 Å². The van der Waals surface area contributed by atoms with Crippen molar-refractivity contribution in [3.05, 3.63) is 22.7 Å². The maximum Gasteiger partial charge on any atom is 0.257 e. The van der Waals surface area contributed by atoms with Crippen molar-refractivity contribution < 1.29 is 9.53 Å². The van der Waals surface area contributed by atoms with E-state index in [0.29, 0.717) is 28.1 Å². The Labute approximate surface area is 130 Å². The minimum atomic E-state index is -0.0553. The molecule has 1 aromatic carbocycles. The maximum atomic E-state index is 12.7. The second-order valence-electron chi connectivity index (χ2n) is 5.58. The Morgan fingerprint density at radius 3 is 2.81 bits per heavy atom. The molecule has 0 radical (unpaired) electrons. The van der Waals surface area contributed by atoms with Gasteiger partial charge in [0, 0.05) is 25.2 Å². The zero-order chi connectivity index (χ0) is 15.6. The molecule has 6 heteroatoms. The van der Waals surface area contributed by atoms with Gasteiger partial charge >= 0.3 is 0 Å². The number of ether oxygens (including phenoxy) is 1. The predicted molar refractivity (Wildman–Crippen MR) is 85.0 cm³/mol. The molecule has 2 rings (SSSR count). The number of amides is 1. The van der Waals surface area contributed by atoms with E-state index in [9.17, 15) is 4.79 Å². The fourth-order valence-electron chi connectivity index (χ4n) is 2.64. The van der Waals surface area contributed by atoms with Crippen LogP contribution >= 0.6 is 11.6 Å². The summed E-state index contributed by atoms with van der Waals surface area (Å²) in [4.78, 5) is 16.8. The first kappa shape index (κ1) is 15.9. The molecule has 0 saturated carbocycles. The summed E-state index contributed by atoms with van der Waals surface area (Å²) in [7, 11) is 5.61. The number of likely N-dealkylation sites (tertiary alicyclic amines) is 1.